The van der Waals surface area contributed by atoms with Gasteiger partial charge in [-0.05, 0) is 58.7 Å². The van der Waals surface area contributed by atoms with Crippen molar-refractivity contribution in [2.24, 2.45) is 0 Å². The van der Waals surface area contributed by atoms with Crippen LogP contribution in [0.1, 0.15) is 5.56 Å². The number of rotatable bonds is 2. The minimum atomic E-state index is -0.508. The van der Waals surface area contributed by atoms with Crippen LogP contribution in [0.2, 0.25) is 10.0 Å². The number of nitrogens with zero attached hydrogens (tertiary/aromatic N) is 3. The van der Waals surface area contributed by atoms with E-state index >= 15 is 0 Å². The summed E-state index contributed by atoms with van der Waals surface area (Å²) in [4.78, 5) is 21.3. The van der Waals surface area contributed by atoms with Crippen molar-refractivity contribution in [3.05, 3.63) is 73.2 Å². The van der Waals surface area contributed by atoms with Crippen LogP contribution in [-0.4, -0.2) is 14.5 Å². The second kappa shape index (κ2) is 6.54. The lowest BCUT2D eigenvalue weighted by Gasteiger charge is -2.09. The minimum absolute atomic E-state index is 0.167. The second-order valence-corrected chi connectivity index (χ2v) is 7.41. The average Bonchev–Trinajstić information content (AvgIpc) is 2.97. The van der Waals surface area contributed by atoms with E-state index < -0.39 is 5.63 Å². The highest BCUT2D eigenvalue weighted by Crippen LogP contribution is 2.30. The lowest BCUT2D eigenvalue weighted by Crippen LogP contribution is -2.06. The van der Waals surface area contributed by atoms with Crippen molar-refractivity contribution in [1.82, 2.24) is 14.5 Å². The maximum atomic E-state index is 12.5. The van der Waals surface area contributed by atoms with Gasteiger partial charge in [0.15, 0.2) is 5.82 Å². The summed E-state index contributed by atoms with van der Waals surface area (Å²) in [5.74, 6) is 0.674. The molecule has 0 saturated carbocycles. The van der Waals surface area contributed by atoms with E-state index in [0.29, 0.717) is 32.5 Å². The number of aromatic nitrogens is 3. The van der Waals surface area contributed by atoms with E-state index in [0.717, 1.165) is 10.0 Å². The fraction of sp³-hybridized carbons (Fsp3) is 0.0556. The van der Waals surface area contributed by atoms with Crippen molar-refractivity contribution in [2.75, 3.05) is 0 Å². The molecule has 0 aliphatic rings. The molecular formula is C18H10BrCl2N3O2. The normalized spacial score (nSPS) is 11.2. The number of hydrogen-bond donors (Lipinski definition) is 0. The molecule has 3 aromatic heterocycles. The molecule has 0 N–H and O–H groups in total. The van der Waals surface area contributed by atoms with Gasteiger partial charge < -0.3 is 4.42 Å². The van der Waals surface area contributed by atoms with E-state index in [4.69, 9.17) is 27.6 Å². The number of fused-ring (bicyclic) bond motifs is 1. The molecule has 26 heavy (non-hydrogen) atoms. The van der Waals surface area contributed by atoms with E-state index in [1.54, 1.807) is 47.3 Å². The molecule has 1 aromatic carbocycles. The zero-order valence-electron chi connectivity index (χ0n) is 13.3. The van der Waals surface area contributed by atoms with E-state index in [9.17, 15) is 4.79 Å². The molecule has 4 rings (SSSR count). The molecule has 130 valence electrons. The van der Waals surface area contributed by atoms with Crippen LogP contribution in [-0.2, 0) is 0 Å². The summed E-state index contributed by atoms with van der Waals surface area (Å²) in [6.07, 6.45) is 3.42. The van der Waals surface area contributed by atoms with Gasteiger partial charge in [-0.3, -0.25) is 4.57 Å². The summed E-state index contributed by atoms with van der Waals surface area (Å²) < 4.78 is 7.95. The Morgan fingerprint density at radius 3 is 2.81 bits per heavy atom. The molecule has 8 heteroatoms. The Balaban J connectivity index is 2.01. The van der Waals surface area contributed by atoms with E-state index in [1.165, 1.54) is 0 Å². The van der Waals surface area contributed by atoms with Gasteiger partial charge in [0.25, 0.3) is 0 Å². The first-order valence-corrected chi connectivity index (χ1v) is 9.09. The summed E-state index contributed by atoms with van der Waals surface area (Å²) in [7, 11) is 0. The molecule has 0 aliphatic heterocycles. The van der Waals surface area contributed by atoms with E-state index in [-0.39, 0.29) is 5.89 Å². The molecule has 0 radical (unpaired) electrons. The number of aryl methyl sites for hydroxylation is 1. The van der Waals surface area contributed by atoms with Gasteiger partial charge in [0, 0.05) is 21.9 Å². The van der Waals surface area contributed by atoms with Gasteiger partial charge in [-0.25, -0.2) is 14.8 Å². The van der Waals surface area contributed by atoms with Crippen LogP contribution in [0, 0.1) is 6.92 Å². The molecule has 0 bridgehead atoms. The first-order valence-electron chi connectivity index (χ1n) is 7.54. The first kappa shape index (κ1) is 17.3. The Labute approximate surface area is 166 Å². The SMILES string of the molecule is Cc1cc(Cl)cc2c(=O)oc(-c3cc(Br)cn3-c3ncccc3Cl)nc12. The Bertz CT molecular complexity index is 1220. The number of pyridine rings is 1. The molecule has 3 heterocycles. The molecule has 0 amide bonds. The quantitative estimate of drug-likeness (QED) is 0.409. The lowest BCUT2D eigenvalue weighted by atomic mass is 10.1. The van der Waals surface area contributed by atoms with E-state index in [1.807, 2.05) is 6.92 Å². The van der Waals surface area contributed by atoms with Crippen LogP contribution < -0.4 is 5.63 Å². The summed E-state index contributed by atoms with van der Waals surface area (Å²) >= 11 is 15.7. The zero-order valence-corrected chi connectivity index (χ0v) is 16.4. The van der Waals surface area contributed by atoms with Gasteiger partial charge in [0.2, 0.25) is 5.89 Å². The molecule has 0 aliphatic carbocycles. The Morgan fingerprint density at radius 1 is 1.23 bits per heavy atom. The molecular weight excluding hydrogens is 441 g/mol. The highest BCUT2D eigenvalue weighted by atomic mass is 79.9. The van der Waals surface area contributed by atoms with Crippen molar-refractivity contribution >= 4 is 50.0 Å². The fourth-order valence-corrected chi connectivity index (χ4v) is 3.65. The molecule has 0 atom stereocenters. The average molecular weight is 451 g/mol. The van der Waals surface area contributed by atoms with Crippen LogP contribution in [0.3, 0.4) is 0 Å². The monoisotopic (exact) mass is 449 g/mol. The van der Waals surface area contributed by atoms with Crippen molar-refractivity contribution in [3.8, 4) is 17.4 Å². The molecule has 0 unspecified atom stereocenters. The minimum Gasteiger partial charge on any atom is -0.401 e. The van der Waals surface area contributed by atoms with Crippen LogP contribution in [0.4, 0.5) is 0 Å². The lowest BCUT2D eigenvalue weighted by molar-refractivity contribution is 0.514. The smallest absolute Gasteiger partial charge is 0.347 e. The predicted octanol–water partition coefficient (Wildman–Crippen LogP) is 5.42. The first-order chi connectivity index (χ1) is 12.4. The topological polar surface area (TPSA) is 60.9 Å². The van der Waals surface area contributed by atoms with Gasteiger partial charge in [-0.2, -0.15) is 0 Å². The highest BCUT2D eigenvalue weighted by molar-refractivity contribution is 9.10. The molecule has 0 fully saturated rings. The number of benzene rings is 1. The summed E-state index contributed by atoms with van der Waals surface area (Å²) in [5.41, 5.74) is 1.36. The van der Waals surface area contributed by atoms with Crippen molar-refractivity contribution in [2.45, 2.75) is 6.92 Å². The van der Waals surface area contributed by atoms with Crippen LogP contribution in [0.15, 0.2) is 56.4 Å². The Kier molecular flexibility index (Phi) is 4.34. The maximum absolute atomic E-state index is 12.5. The predicted molar refractivity (Wildman–Crippen MR) is 105 cm³/mol. The summed E-state index contributed by atoms with van der Waals surface area (Å²) in [5, 5.41) is 1.26. The third-order valence-electron chi connectivity index (χ3n) is 3.86. The van der Waals surface area contributed by atoms with Crippen LogP contribution in [0.25, 0.3) is 28.3 Å². The van der Waals surface area contributed by atoms with Gasteiger partial charge in [-0.1, -0.05) is 23.2 Å². The van der Waals surface area contributed by atoms with E-state index in [2.05, 4.69) is 25.9 Å². The number of halogens is 3. The van der Waals surface area contributed by atoms with Crippen LogP contribution in [0.5, 0.6) is 0 Å². The number of hydrogen-bond acceptors (Lipinski definition) is 4. The van der Waals surface area contributed by atoms with Crippen molar-refractivity contribution < 1.29 is 4.42 Å². The molecule has 4 aromatic rings. The van der Waals surface area contributed by atoms with Gasteiger partial charge in [0.05, 0.1) is 15.9 Å². The largest absolute Gasteiger partial charge is 0.401 e. The van der Waals surface area contributed by atoms with Crippen LogP contribution >= 0.6 is 39.1 Å². The van der Waals surface area contributed by atoms with Gasteiger partial charge in [0.1, 0.15) is 5.69 Å². The third kappa shape index (κ3) is 2.94. The van der Waals surface area contributed by atoms with Crippen molar-refractivity contribution in [3.63, 3.8) is 0 Å². The standard InChI is InChI=1S/C18H10BrCl2N3O2/c1-9-5-11(20)7-12-15(9)23-17(26-18(12)25)14-6-10(19)8-24(14)16-13(21)3-2-4-22-16/h2-8H,1H3. The molecule has 5 nitrogen and oxygen atoms in total. The Hall–Kier alpha value is -2.15. The van der Waals surface area contributed by atoms with Gasteiger partial charge >= 0.3 is 5.63 Å². The highest BCUT2D eigenvalue weighted by Gasteiger charge is 2.18. The maximum Gasteiger partial charge on any atom is 0.347 e. The van der Waals surface area contributed by atoms with Crippen molar-refractivity contribution in [1.29, 1.82) is 0 Å². The molecule has 0 spiro atoms. The zero-order chi connectivity index (χ0) is 18.4. The summed E-state index contributed by atoms with van der Waals surface area (Å²) in [6, 6.07) is 8.57. The molecule has 0 saturated heterocycles. The second-order valence-electron chi connectivity index (χ2n) is 5.65. The Morgan fingerprint density at radius 2 is 2.04 bits per heavy atom. The third-order valence-corrected chi connectivity index (χ3v) is 4.81. The fourth-order valence-electron chi connectivity index (χ4n) is 2.74. The van der Waals surface area contributed by atoms with Gasteiger partial charge in [-0.15, -0.1) is 0 Å². The summed E-state index contributed by atoms with van der Waals surface area (Å²) in [6.45, 7) is 1.84.